The van der Waals surface area contributed by atoms with Crippen LogP contribution in [0, 0.1) is 0 Å². The summed E-state index contributed by atoms with van der Waals surface area (Å²) >= 11 is 1.77. The van der Waals surface area contributed by atoms with Crippen LogP contribution >= 0.6 is 11.8 Å². The van der Waals surface area contributed by atoms with Crippen LogP contribution in [0.25, 0.3) is 0 Å². The number of carboxylic acid groups (broad SMARTS) is 1. The van der Waals surface area contributed by atoms with Gasteiger partial charge in [-0.3, -0.25) is 5.32 Å². The van der Waals surface area contributed by atoms with Crippen molar-refractivity contribution in [3.05, 3.63) is 75.8 Å². The predicted molar refractivity (Wildman–Crippen MR) is 135 cm³/mol. The van der Waals surface area contributed by atoms with Crippen molar-refractivity contribution in [1.82, 2.24) is 10.6 Å². The van der Waals surface area contributed by atoms with E-state index in [1.54, 1.807) is 36.0 Å². The highest BCUT2D eigenvalue weighted by Gasteiger charge is 2.18. The third-order valence-electron chi connectivity index (χ3n) is 4.44. The average Bonchev–Trinajstić information content (AvgIpc) is 2.76. The van der Waals surface area contributed by atoms with E-state index in [0.717, 1.165) is 30.8 Å². The van der Waals surface area contributed by atoms with Crippen molar-refractivity contribution < 1.29 is 9.90 Å². The average molecular weight is 444 g/mol. The Hall–Kier alpha value is -2.44. The molecule has 0 amide bonds. The van der Waals surface area contributed by atoms with Gasteiger partial charge in [0.2, 0.25) is 0 Å². The number of carboxylic acids is 1. The molecule has 2 rings (SSSR count). The van der Waals surface area contributed by atoms with E-state index in [1.807, 2.05) is 13.1 Å². The van der Waals surface area contributed by atoms with Gasteiger partial charge in [-0.05, 0) is 68.0 Å². The summed E-state index contributed by atoms with van der Waals surface area (Å²) in [6.45, 7) is 12.4. The molecule has 0 aliphatic carbocycles. The largest absolute Gasteiger partial charge is 0.478 e. The molecule has 31 heavy (non-hydrogen) atoms. The molecule has 170 valence electrons. The first-order chi connectivity index (χ1) is 14.9. The minimum atomic E-state index is -0.929. The SMILES string of the molecule is C=CC/C(CC)=C(\Nc1ccc(C(=O)O)cc1)NC(NC)C1=CCC=C(C)S1.CCC. The summed E-state index contributed by atoms with van der Waals surface area (Å²) in [6, 6.07) is 6.76. The maximum absolute atomic E-state index is 11.1. The molecule has 0 bridgehead atoms. The predicted octanol–water partition coefficient (Wildman–Crippen LogP) is 6.47. The minimum Gasteiger partial charge on any atom is -0.478 e. The second kappa shape index (κ2) is 14.5. The molecule has 1 heterocycles. The van der Waals surface area contributed by atoms with E-state index in [4.69, 9.17) is 5.11 Å². The lowest BCUT2D eigenvalue weighted by Gasteiger charge is -2.27. The standard InChI is InChI=1S/C22H29N3O2S.C3H8/c1-5-8-16(6-2)20(24-18-13-11-17(12-14-18)22(26)27)25-21(23-4)19-10-7-9-15(3)28-19;1-3-2/h5,9-14,21,23-25H,1,6-8H2,2-4H3,(H,26,27);3H2,1-2H3/b20-16+;. The molecule has 0 radical (unpaired) electrons. The number of hydrogen-bond acceptors (Lipinski definition) is 5. The van der Waals surface area contributed by atoms with Gasteiger partial charge in [-0.2, -0.15) is 0 Å². The highest BCUT2D eigenvalue weighted by Crippen LogP contribution is 2.32. The Labute approximate surface area is 191 Å². The molecular weight excluding hydrogens is 406 g/mol. The first-order valence-electron chi connectivity index (χ1n) is 10.8. The van der Waals surface area contributed by atoms with Gasteiger partial charge in [0.1, 0.15) is 12.0 Å². The van der Waals surface area contributed by atoms with Crippen LogP contribution in [-0.4, -0.2) is 24.3 Å². The van der Waals surface area contributed by atoms with Crippen molar-refractivity contribution in [1.29, 1.82) is 0 Å². The van der Waals surface area contributed by atoms with E-state index < -0.39 is 5.97 Å². The maximum atomic E-state index is 11.1. The lowest BCUT2D eigenvalue weighted by Crippen LogP contribution is -2.43. The third-order valence-corrected chi connectivity index (χ3v) is 5.56. The summed E-state index contributed by atoms with van der Waals surface area (Å²) in [5, 5.41) is 19.5. The lowest BCUT2D eigenvalue weighted by molar-refractivity contribution is 0.0697. The Kier molecular flexibility index (Phi) is 12.5. The number of rotatable bonds is 10. The van der Waals surface area contributed by atoms with Gasteiger partial charge >= 0.3 is 5.97 Å². The molecule has 0 saturated heterocycles. The summed E-state index contributed by atoms with van der Waals surface area (Å²) in [7, 11) is 1.94. The van der Waals surface area contributed by atoms with Crippen LogP contribution in [0.2, 0.25) is 0 Å². The Morgan fingerprint density at radius 1 is 1.23 bits per heavy atom. The van der Waals surface area contributed by atoms with Crippen molar-refractivity contribution in [2.45, 2.75) is 59.5 Å². The Bertz CT molecular complexity index is 811. The van der Waals surface area contributed by atoms with Crippen LogP contribution in [0.3, 0.4) is 0 Å². The number of hydrogen-bond donors (Lipinski definition) is 4. The number of thioether (sulfide) groups is 1. The quantitative estimate of drug-likeness (QED) is 0.245. The zero-order valence-electron chi connectivity index (χ0n) is 19.4. The molecule has 1 aromatic carbocycles. The smallest absolute Gasteiger partial charge is 0.335 e. The number of aromatic carboxylic acids is 1. The van der Waals surface area contributed by atoms with Crippen molar-refractivity contribution in [3.63, 3.8) is 0 Å². The van der Waals surface area contributed by atoms with E-state index in [0.29, 0.717) is 0 Å². The Balaban J connectivity index is 0.00000151. The fraction of sp³-hybridized carbons (Fsp3) is 0.400. The number of anilines is 1. The summed E-state index contributed by atoms with van der Waals surface area (Å²) in [6.07, 6.45) is 10.1. The number of carbonyl (C=O) groups is 1. The molecule has 1 aromatic rings. The first kappa shape index (κ1) is 26.6. The highest BCUT2D eigenvalue weighted by molar-refractivity contribution is 8.06. The molecule has 5 nitrogen and oxygen atoms in total. The van der Waals surface area contributed by atoms with Crippen LogP contribution in [0.5, 0.6) is 0 Å². The molecular formula is C25H37N3O2S. The molecule has 0 spiro atoms. The molecule has 1 aliphatic rings. The number of benzene rings is 1. The van der Waals surface area contributed by atoms with Crippen LogP contribution < -0.4 is 16.0 Å². The van der Waals surface area contributed by atoms with E-state index in [-0.39, 0.29) is 11.7 Å². The molecule has 0 aromatic heterocycles. The topological polar surface area (TPSA) is 73.4 Å². The fourth-order valence-corrected chi connectivity index (χ4v) is 3.91. The van der Waals surface area contributed by atoms with Gasteiger partial charge in [0.15, 0.2) is 0 Å². The molecule has 6 heteroatoms. The summed E-state index contributed by atoms with van der Waals surface area (Å²) in [4.78, 5) is 13.6. The summed E-state index contributed by atoms with van der Waals surface area (Å²) in [5.41, 5.74) is 2.30. The first-order valence-corrected chi connectivity index (χ1v) is 11.6. The van der Waals surface area contributed by atoms with Crippen molar-refractivity contribution in [2.75, 3.05) is 12.4 Å². The van der Waals surface area contributed by atoms with Crippen LogP contribution in [-0.2, 0) is 0 Å². The second-order valence-corrected chi connectivity index (χ2v) is 8.48. The van der Waals surface area contributed by atoms with E-state index >= 15 is 0 Å². The Morgan fingerprint density at radius 2 is 1.87 bits per heavy atom. The highest BCUT2D eigenvalue weighted by atomic mass is 32.2. The lowest BCUT2D eigenvalue weighted by atomic mass is 10.1. The van der Waals surface area contributed by atoms with Gasteiger partial charge in [0.05, 0.1) is 5.56 Å². The van der Waals surface area contributed by atoms with Crippen molar-refractivity contribution >= 4 is 23.4 Å². The van der Waals surface area contributed by atoms with Crippen molar-refractivity contribution in [3.8, 4) is 0 Å². The van der Waals surface area contributed by atoms with E-state index in [1.165, 1.54) is 21.8 Å². The minimum absolute atomic E-state index is 0.0270. The molecule has 1 atom stereocenters. The van der Waals surface area contributed by atoms with Gasteiger partial charge in [-0.25, -0.2) is 4.79 Å². The van der Waals surface area contributed by atoms with E-state index in [9.17, 15) is 4.79 Å². The van der Waals surface area contributed by atoms with Crippen LogP contribution in [0.15, 0.2) is 70.3 Å². The van der Waals surface area contributed by atoms with Gasteiger partial charge in [0.25, 0.3) is 0 Å². The normalized spacial score (nSPS) is 14.7. The van der Waals surface area contributed by atoms with Gasteiger partial charge in [-0.15, -0.1) is 6.58 Å². The molecule has 1 aliphatic heterocycles. The number of nitrogens with one attached hydrogen (secondary N) is 3. The number of allylic oxidation sites excluding steroid dienone is 5. The maximum Gasteiger partial charge on any atom is 0.335 e. The van der Waals surface area contributed by atoms with Gasteiger partial charge in [-0.1, -0.05) is 57.2 Å². The molecule has 0 saturated carbocycles. The zero-order valence-corrected chi connectivity index (χ0v) is 20.2. The second-order valence-electron chi connectivity index (χ2n) is 7.16. The fourth-order valence-electron chi connectivity index (χ4n) is 2.88. The summed E-state index contributed by atoms with van der Waals surface area (Å²) < 4.78 is 0. The monoisotopic (exact) mass is 443 g/mol. The van der Waals surface area contributed by atoms with Gasteiger partial charge in [0, 0.05) is 10.6 Å². The summed E-state index contributed by atoms with van der Waals surface area (Å²) in [5.74, 6) is -0.0141. The molecule has 0 fully saturated rings. The van der Waals surface area contributed by atoms with Crippen molar-refractivity contribution in [2.24, 2.45) is 0 Å². The van der Waals surface area contributed by atoms with Crippen LogP contribution in [0.1, 0.15) is 63.7 Å². The zero-order chi connectivity index (χ0) is 23.2. The Morgan fingerprint density at radius 3 is 2.35 bits per heavy atom. The number of likely N-dealkylation sites (N-methyl/N-ethyl adjacent to an activating group) is 1. The van der Waals surface area contributed by atoms with Gasteiger partial charge < -0.3 is 15.7 Å². The molecule has 4 N–H and O–H groups in total. The van der Waals surface area contributed by atoms with E-state index in [2.05, 4.69) is 62.4 Å². The van der Waals surface area contributed by atoms with Crippen LogP contribution in [0.4, 0.5) is 5.69 Å². The molecule has 1 unspecified atom stereocenters. The third kappa shape index (κ3) is 9.07.